The number of rotatable bonds is 6. The second-order valence-corrected chi connectivity index (χ2v) is 4.39. The number of nitrogens with two attached hydrogens (primary N) is 1. The van der Waals surface area contributed by atoms with E-state index in [9.17, 15) is 0 Å². The highest BCUT2D eigenvalue weighted by molar-refractivity contribution is 7.80. The molecular weight excluding hydrogens is 234 g/mol. The van der Waals surface area contributed by atoms with Crippen molar-refractivity contribution in [1.29, 1.82) is 0 Å². The van der Waals surface area contributed by atoms with Gasteiger partial charge in [0.15, 0.2) is 0 Å². The third kappa shape index (κ3) is 4.32. The van der Waals surface area contributed by atoms with Crippen molar-refractivity contribution in [3.05, 3.63) is 29.3 Å². The van der Waals surface area contributed by atoms with Crippen molar-refractivity contribution in [2.45, 2.75) is 26.9 Å². The highest BCUT2D eigenvalue weighted by atomic mass is 32.1. The molecule has 17 heavy (non-hydrogen) atoms. The van der Waals surface area contributed by atoms with Gasteiger partial charge in [0, 0.05) is 6.61 Å². The third-order valence-electron chi connectivity index (χ3n) is 2.29. The Bertz CT molecular complexity index is 393. The van der Waals surface area contributed by atoms with Crippen LogP contribution in [0.15, 0.2) is 18.2 Å². The largest absolute Gasteiger partial charge is 0.488 e. The molecule has 0 fully saturated rings. The maximum Gasteiger partial charge on any atom is 0.130 e. The number of thiocarbonyl (C=S) groups is 1. The molecule has 2 N–H and O–H groups in total. The smallest absolute Gasteiger partial charge is 0.130 e. The van der Waals surface area contributed by atoms with E-state index in [0.29, 0.717) is 18.2 Å². The van der Waals surface area contributed by atoms with Gasteiger partial charge in [0.1, 0.15) is 16.8 Å². The molecular formula is C13H19NO2S. The summed E-state index contributed by atoms with van der Waals surface area (Å²) in [5.74, 6) is 0.718. The van der Waals surface area contributed by atoms with Crippen molar-refractivity contribution in [2.24, 2.45) is 5.73 Å². The van der Waals surface area contributed by atoms with Crippen molar-refractivity contribution in [3.8, 4) is 5.75 Å². The number of ether oxygens (including phenoxy) is 2. The molecule has 1 aromatic rings. The number of benzene rings is 1. The zero-order valence-electron chi connectivity index (χ0n) is 10.5. The van der Waals surface area contributed by atoms with Crippen LogP contribution in [-0.4, -0.2) is 24.3 Å². The van der Waals surface area contributed by atoms with E-state index in [-0.39, 0.29) is 6.10 Å². The van der Waals surface area contributed by atoms with Crippen molar-refractivity contribution in [2.75, 3.05) is 13.2 Å². The Morgan fingerprint density at radius 3 is 2.76 bits per heavy atom. The molecule has 0 radical (unpaired) electrons. The molecule has 94 valence electrons. The Kier molecular flexibility index (Phi) is 5.38. The minimum absolute atomic E-state index is 0.0224. The van der Waals surface area contributed by atoms with Crippen LogP contribution < -0.4 is 10.5 Å². The van der Waals surface area contributed by atoms with E-state index in [1.54, 1.807) is 0 Å². The lowest BCUT2D eigenvalue weighted by Crippen LogP contribution is -2.21. The molecule has 1 aromatic carbocycles. The lowest BCUT2D eigenvalue weighted by atomic mass is 10.1. The fourth-order valence-corrected chi connectivity index (χ4v) is 1.63. The van der Waals surface area contributed by atoms with Crippen LogP contribution in [0.1, 0.15) is 25.0 Å². The Balaban J connectivity index is 2.79. The summed E-state index contributed by atoms with van der Waals surface area (Å²) in [7, 11) is 0. The summed E-state index contributed by atoms with van der Waals surface area (Å²) in [5.41, 5.74) is 7.57. The van der Waals surface area contributed by atoms with Gasteiger partial charge in [0.2, 0.25) is 0 Å². The summed E-state index contributed by atoms with van der Waals surface area (Å²) in [6, 6.07) is 5.81. The fraction of sp³-hybridized carbons (Fsp3) is 0.462. The van der Waals surface area contributed by atoms with Crippen molar-refractivity contribution in [3.63, 3.8) is 0 Å². The number of hydrogen-bond acceptors (Lipinski definition) is 3. The molecule has 3 nitrogen and oxygen atoms in total. The minimum Gasteiger partial charge on any atom is -0.488 e. The summed E-state index contributed by atoms with van der Waals surface area (Å²) in [5, 5.41) is 0. The first-order valence-electron chi connectivity index (χ1n) is 5.69. The van der Waals surface area contributed by atoms with Crippen LogP contribution in [0.5, 0.6) is 5.75 Å². The molecule has 0 saturated carbocycles. The first-order chi connectivity index (χ1) is 8.04. The molecule has 0 amide bonds. The van der Waals surface area contributed by atoms with Crippen LogP contribution in [0.25, 0.3) is 0 Å². The maximum absolute atomic E-state index is 5.77. The van der Waals surface area contributed by atoms with Gasteiger partial charge in [0.05, 0.1) is 12.2 Å². The van der Waals surface area contributed by atoms with Crippen LogP contribution in [0.4, 0.5) is 0 Å². The van der Waals surface area contributed by atoms with E-state index < -0.39 is 0 Å². The van der Waals surface area contributed by atoms with Gasteiger partial charge in [0.25, 0.3) is 0 Å². The first-order valence-corrected chi connectivity index (χ1v) is 6.10. The van der Waals surface area contributed by atoms with Crippen LogP contribution in [0.2, 0.25) is 0 Å². The molecule has 0 bridgehead atoms. The predicted octanol–water partition coefficient (Wildman–Crippen LogP) is 2.43. The lowest BCUT2D eigenvalue weighted by molar-refractivity contribution is 0.0656. The molecule has 0 aliphatic heterocycles. The molecule has 0 aliphatic carbocycles. The molecule has 1 unspecified atom stereocenters. The van der Waals surface area contributed by atoms with Crippen LogP contribution >= 0.6 is 12.2 Å². The van der Waals surface area contributed by atoms with E-state index in [2.05, 4.69) is 0 Å². The normalized spacial score (nSPS) is 12.2. The van der Waals surface area contributed by atoms with Gasteiger partial charge in [-0.2, -0.15) is 0 Å². The monoisotopic (exact) mass is 253 g/mol. The standard InChI is InChI=1S/C13H19NO2S/c1-4-15-8-10(3)16-12-6-5-9(2)7-11(12)13(14)17/h5-7,10H,4,8H2,1-3H3,(H2,14,17). The van der Waals surface area contributed by atoms with Gasteiger partial charge in [-0.1, -0.05) is 23.8 Å². The van der Waals surface area contributed by atoms with Crippen molar-refractivity contribution in [1.82, 2.24) is 0 Å². The molecule has 0 aromatic heterocycles. The number of hydrogen-bond donors (Lipinski definition) is 1. The zero-order chi connectivity index (χ0) is 12.8. The van der Waals surface area contributed by atoms with Gasteiger partial charge >= 0.3 is 0 Å². The summed E-state index contributed by atoms with van der Waals surface area (Å²) in [6.07, 6.45) is -0.0224. The minimum atomic E-state index is -0.0224. The van der Waals surface area contributed by atoms with Crippen LogP contribution in [0, 0.1) is 6.92 Å². The molecule has 1 rings (SSSR count). The van der Waals surface area contributed by atoms with Crippen molar-refractivity contribution < 1.29 is 9.47 Å². The Hall–Kier alpha value is -1.13. The molecule has 0 saturated heterocycles. The van der Waals surface area contributed by atoms with Gasteiger partial charge < -0.3 is 15.2 Å². The van der Waals surface area contributed by atoms with Gasteiger partial charge in [-0.05, 0) is 32.9 Å². The molecule has 0 heterocycles. The van der Waals surface area contributed by atoms with E-state index in [4.69, 9.17) is 27.4 Å². The van der Waals surface area contributed by atoms with Gasteiger partial charge in [-0.3, -0.25) is 0 Å². The average molecular weight is 253 g/mol. The molecule has 0 aliphatic rings. The first kappa shape index (κ1) is 13.9. The van der Waals surface area contributed by atoms with Crippen molar-refractivity contribution >= 4 is 17.2 Å². The van der Waals surface area contributed by atoms with Crippen LogP contribution in [0.3, 0.4) is 0 Å². The summed E-state index contributed by atoms with van der Waals surface area (Å²) in [4.78, 5) is 0.354. The SMILES string of the molecule is CCOCC(C)Oc1ccc(C)cc1C(N)=S. The topological polar surface area (TPSA) is 44.5 Å². The van der Waals surface area contributed by atoms with Gasteiger partial charge in [-0.15, -0.1) is 0 Å². The second-order valence-electron chi connectivity index (χ2n) is 3.95. The summed E-state index contributed by atoms with van der Waals surface area (Å²) in [6.45, 7) is 7.15. The average Bonchev–Trinajstić information content (AvgIpc) is 2.28. The predicted molar refractivity (Wildman–Crippen MR) is 73.6 cm³/mol. The maximum atomic E-state index is 5.77. The van der Waals surface area contributed by atoms with E-state index in [1.165, 1.54) is 0 Å². The highest BCUT2D eigenvalue weighted by Crippen LogP contribution is 2.21. The quantitative estimate of drug-likeness (QED) is 0.791. The van der Waals surface area contributed by atoms with Crippen LogP contribution in [-0.2, 0) is 4.74 Å². The van der Waals surface area contributed by atoms with E-state index >= 15 is 0 Å². The second kappa shape index (κ2) is 6.57. The zero-order valence-corrected chi connectivity index (χ0v) is 11.3. The van der Waals surface area contributed by atoms with Gasteiger partial charge in [-0.25, -0.2) is 0 Å². The molecule has 4 heteroatoms. The fourth-order valence-electron chi connectivity index (χ4n) is 1.47. The Labute approximate surface area is 108 Å². The van der Waals surface area contributed by atoms with E-state index in [1.807, 2.05) is 39.0 Å². The third-order valence-corrected chi connectivity index (χ3v) is 2.51. The Morgan fingerprint density at radius 1 is 1.47 bits per heavy atom. The molecule has 1 atom stereocenters. The lowest BCUT2D eigenvalue weighted by Gasteiger charge is -2.17. The number of aryl methyl sites for hydroxylation is 1. The summed E-state index contributed by atoms with van der Waals surface area (Å²) >= 11 is 5.02. The highest BCUT2D eigenvalue weighted by Gasteiger charge is 2.10. The Morgan fingerprint density at radius 2 is 2.18 bits per heavy atom. The molecule has 0 spiro atoms. The van der Waals surface area contributed by atoms with E-state index in [0.717, 1.165) is 16.9 Å². The summed E-state index contributed by atoms with van der Waals surface area (Å²) < 4.78 is 11.1.